The molecule has 0 radical (unpaired) electrons. The van der Waals surface area contributed by atoms with E-state index in [2.05, 4.69) is 164 Å². The number of fused-ring (bicyclic) bond motifs is 3. The number of anilines is 5. The van der Waals surface area contributed by atoms with E-state index in [1.54, 1.807) is 0 Å². The first kappa shape index (κ1) is 30.5. The zero-order chi connectivity index (χ0) is 31.7. The van der Waals surface area contributed by atoms with Crippen LogP contribution in [0.25, 0.3) is 0 Å². The van der Waals surface area contributed by atoms with Gasteiger partial charge in [-0.3, -0.25) is 0 Å². The van der Waals surface area contributed by atoms with E-state index >= 15 is 0 Å². The van der Waals surface area contributed by atoms with Gasteiger partial charge in [0.15, 0.2) is 0 Å². The van der Waals surface area contributed by atoms with E-state index in [9.17, 15) is 0 Å². The Labute approximate surface area is 267 Å². The van der Waals surface area contributed by atoms with Crippen LogP contribution in [0.15, 0.2) is 84.9 Å². The number of benzene rings is 4. The summed E-state index contributed by atoms with van der Waals surface area (Å²) in [6.07, 6.45) is 5.02. The number of rotatable bonds is 4. The van der Waals surface area contributed by atoms with Crippen molar-refractivity contribution in [3.05, 3.63) is 113 Å². The van der Waals surface area contributed by atoms with E-state index < -0.39 is 0 Å². The lowest BCUT2D eigenvalue weighted by atomic mass is 9.61. The SMILES string of the molecule is Cc1cc(N(c2ccc(C(C)(C)C)cc2)c2ccc(C(C)(C)C)cc2)cc(N2c3ccc(C)cc3C3(C)CCCCC23C)c1. The zero-order valence-electron chi connectivity index (χ0n) is 28.8. The van der Waals surface area contributed by atoms with E-state index in [1.807, 2.05) is 0 Å². The van der Waals surface area contributed by atoms with Gasteiger partial charge >= 0.3 is 0 Å². The van der Waals surface area contributed by atoms with E-state index in [0.29, 0.717) is 0 Å². The third kappa shape index (κ3) is 5.05. The van der Waals surface area contributed by atoms with Gasteiger partial charge in [-0.2, -0.15) is 0 Å². The van der Waals surface area contributed by atoms with Crippen molar-refractivity contribution in [1.29, 1.82) is 0 Å². The van der Waals surface area contributed by atoms with Crippen molar-refractivity contribution in [3.63, 3.8) is 0 Å². The first-order chi connectivity index (χ1) is 20.6. The van der Waals surface area contributed by atoms with Crippen molar-refractivity contribution in [2.45, 2.75) is 117 Å². The van der Waals surface area contributed by atoms with Gasteiger partial charge in [-0.25, -0.2) is 0 Å². The Hall–Kier alpha value is -3.52. The quantitative estimate of drug-likeness (QED) is 0.235. The van der Waals surface area contributed by atoms with Crippen LogP contribution in [0.1, 0.15) is 109 Å². The monoisotopic (exact) mass is 584 g/mol. The number of hydrogen-bond acceptors (Lipinski definition) is 2. The molecule has 0 aromatic heterocycles. The molecule has 1 fully saturated rings. The fraction of sp³-hybridized carbons (Fsp3) is 0.429. The minimum absolute atomic E-state index is 0.0278. The minimum Gasteiger partial charge on any atom is -0.334 e. The fourth-order valence-electron chi connectivity index (χ4n) is 7.92. The maximum absolute atomic E-state index is 2.71. The molecule has 0 amide bonds. The molecule has 1 aliphatic heterocycles. The summed E-state index contributed by atoms with van der Waals surface area (Å²) < 4.78 is 0. The third-order valence-electron chi connectivity index (χ3n) is 10.8. The van der Waals surface area contributed by atoms with Crippen LogP contribution in [-0.4, -0.2) is 5.54 Å². The molecule has 1 saturated carbocycles. The molecule has 2 unspecified atom stereocenters. The van der Waals surface area contributed by atoms with Crippen molar-refractivity contribution in [1.82, 2.24) is 0 Å². The number of hydrogen-bond donors (Lipinski definition) is 0. The molecule has 4 aromatic rings. The molecule has 6 rings (SSSR count). The molecule has 1 heterocycles. The second-order valence-corrected chi connectivity index (χ2v) is 16.1. The molecule has 0 bridgehead atoms. The van der Waals surface area contributed by atoms with Gasteiger partial charge in [-0.15, -0.1) is 0 Å². The highest BCUT2D eigenvalue weighted by atomic mass is 15.3. The standard InChI is InChI=1S/C42H52N2/c1-29-13-22-38-37(27-29)41(9)23-11-12-24-42(41,10)44(38)36-26-30(2)25-35(28-36)43(33-18-14-31(15-19-33)39(3,4)5)34-20-16-32(17-21-34)40(6,7)8/h13-22,25-28H,11-12,23-24H2,1-10H3. The maximum atomic E-state index is 2.71. The summed E-state index contributed by atoms with van der Waals surface area (Å²) >= 11 is 0. The molecule has 1 aliphatic carbocycles. The topological polar surface area (TPSA) is 6.48 Å². The number of aryl methyl sites for hydroxylation is 2. The normalized spacial score (nSPS) is 21.6. The summed E-state index contributed by atoms with van der Waals surface area (Å²) in [7, 11) is 0. The molecule has 44 heavy (non-hydrogen) atoms. The molecule has 0 spiro atoms. The van der Waals surface area contributed by atoms with E-state index in [1.165, 1.54) is 81.9 Å². The molecule has 2 nitrogen and oxygen atoms in total. The number of nitrogens with zero attached hydrogens (tertiary/aromatic N) is 2. The summed E-state index contributed by atoms with van der Waals surface area (Å²) in [6.45, 7) is 23.3. The Bertz CT molecular complexity index is 1610. The third-order valence-corrected chi connectivity index (χ3v) is 10.8. The van der Waals surface area contributed by atoms with Crippen LogP contribution in [0.4, 0.5) is 28.4 Å². The smallest absolute Gasteiger partial charge is 0.0517 e. The molecular formula is C42H52N2. The van der Waals surface area contributed by atoms with Crippen molar-refractivity contribution in [3.8, 4) is 0 Å². The van der Waals surface area contributed by atoms with Crippen LogP contribution in [0.5, 0.6) is 0 Å². The predicted molar refractivity (Wildman–Crippen MR) is 191 cm³/mol. The summed E-state index contributed by atoms with van der Waals surface area (Å²) in [5.41, 5.74) is 13.5. The Balaban J connectivity index is 1.53. The molecule has 2 heteroatoms. The van der Waals surface area contributed by atoms with Crippen LogP contribution in [0.3, 0.4) is 0 Å². The van der Waals surface area contributed by atoms with Gasteiger partial charge in [-0.1, -0.05) is 103 Å². The lowest BCUT2D eigenvalue weighted by Gasteiger charge is -2.50. The molecule has 2 aliphatic rings. The Morgan fingerprint density at radius 2 is 1.14 bits per heavy atom. The first-order valence-electron chi connectivity index (χ1n) is 16.7. The lowest BCUT2D eigenvalue weighted by molar-refractivity contribution is 0.195. The van der Waals surface area contributed by atoms with Crippen molar-refractivity contribution in [2.75, 3.05) is 9.80 Å². The average Bonchev–Trinajstić information content (AvgIpc) is 3.15. The van der Waals surface area contributed by atoms with Crippen LogP contribution in [0.2, 0.25) is 0 Å². The maximum Gasteiger partial charge on any atom is 0.0517 e. The van der Waals surface area contributed by atoms with Gasteiger partial charge in [0.1, 0.15) is 0 Å². The largest absolute Gasteiger partial charge is 0.334 e. The van der Waals surface area contributed by atoms with Gasteiger partial charge < -0.3 is 9.80 Å². The first-order valence-corrected chi connectivity index (χ1v) is 16.7. The summed E-state index contributed by atoms with van der Waals surface area (Å²) in [5, 5.41) is 0. The molecule has 0 saturated heterocycles. The predicted octanol–water partition coefficient (Wildman–Crippen LogP) is 12.1. The highest BCUT2D eigenvalue weighted by Gasteiger charge is 2.57. The highest BCUT2D eigenvalue weighted by molar-refractivity contribution is 5.83. The van der Waals surface area contributed by atoms with Crippen LogP contribution >= 0.6 is 0 Å². The van der Waals surface area contributed by atoms with E-state index in [4.69, 9.17) is 0 Å². The van der Waals surface area contributed by atoms with Gasteiger partial charge in [0, 0.05) is 33.9 Å². The second-order valence-electron chi connectivity index (χ2n) is 16.1. The summed E-state index contributed by atoms with van der Waals surface area (Å²) in [5.74, 6) is 0. The molecular weight excluding hydrogens is 532 g/mol. The summed E-state index contributed by atoms with van der Waals surface area (Å²) in [4.78, 5) is 5.16. The molecule has 230 valence electrons. The zero-order valence-corrected chi connectivity index (χ0v) is 28.8. The van der Waals surface area contributed by atoms with Crippen molar-refractivity contribution < 1.29 is 0 Å². The molecule has 0 N–H and O–H groups in total. The van der Waals surface area contributed by atoms with Gasteiger partial charge in [0.25, 0.3) is 0 Å². The van der Waals surface area contributed by atoms with Crippen LogP contribution in [-0.2, 0) is 16.2 Å². The Morgan fingerprint density at radius 1 is 0.591 bits per heavy atom. The van der Waals surface area contributed by atoms with Gasteiger partial charge in [0.2, 0.25) is 0 Å². The fourth-order valence-corrected chi connectivity index (χ4v) is 7.92. The van der Waals surface area contributed by atoms with Crippen LogP contribution in [0, 0.1) is 13.8 Å². The van der Waals surface area contributed by atoms with Crippen LogP contribution < -0.4 is 9.80 Å². The highest BCUT2D eigenvalue weighted by Crippen LogP contribution is 2.61. The van der Waals surface area contributed by atoms with Crippen molar-refractivity contribution >= 4 is 28.4 Å². The lowest BCUT2D eigenvalue weighted by Crippen LogP contribution is -2.54. The van der Waals surface area contributed by atoms with E-state index in [-0.39, 0.29) is 21.8 Å². The Morgan fingerprint density at radius 3 is 1.68 bits per heavy atom. The van der Waals surface area contributed by atoms with E-state index in [0.717, 1.165) is 0 Å². The van der Waals surface area contributed by atoms with Gasteiger partial charge in [0.05, 0.1) is 5.54 Å². The molecule has 2 atom stereocenters. The summed E-state index contributed by atoms with van der Waals surface area (Å²) in [6, 6.07) is 32.8. The van der Waals surface area contributed by atoms with Crippen molar-refractivity contribution in [2.24, 2.45) is 0 Å². The van der Waals surface area contributed by atoms with Gasteiger partial charge in [-0.05, 0) is 115 Å². The minimum atomic E-state index is 0.0278. The Kier molecular flexibility index (Phi) is 7.31. The second kappa shape index (κ2) is 10.5. The average molecular weight is 585 g/mol. The molecule has 4 aromatic carbocycles.